The summed E-state index contributed by atoms with van der Waals surface area (Å²) in [6.07, 6.45) is 6.17. The number of carbonyl (C=O) groups is 7. The Kier molecular flexibility index (Phi) is 16.7. The first-order chi connectivity index (χ1) is 32.7. The number of unbranched alkanes of at least 4 members (excludes halogenated alkanes) is 3. The number of carbonyl (C=O) groups excluding carboxylic acids is 7. The van der Waals surface area contributed by atoms with Gasteiger partial charge in [-0.25, -0.2) is 9.50 Å². The van der Waals surface area contributed by atoms with E-state index in [2.05, 4.69) is 53.6 Å². The maximum absolute atomic E-state index is 13.4. The van der Waals surface area contributed by atoms with Crippen LogP contribution in [-0.2, 0) is 25.6 Å². The van der Waals surface area contributed by atoms with Gasteiger partial charge in [-0.1, -0.05) is 23.7 Å². The zero-order chi connectivity index (χ0) is 48.5. The van der Waals surface area contributed by atoms with E-state index in [1.165, 1.54) is 28.9 Å². The first kappa shape index (κ1) is 50.2. The number of piperidine rings is 1. The van der Waals surface area contributed by atoms with E-state index in [9.17, 15) is 38.4 Å². The second-order valence-corrected chi connectivity index (χ2v) is 30.5. The van der Waals surface area contributed by atoms with Gasteiger partial charge in [-0.15, -0.1) is 0 Å². The topological polar surface area (TPSA) is 227 Å². The number of aromatic amines is 1. The van der Waals surface area contributed by atoms with Gasteiger partial charge in [-0.3, -0.25) is 34.4 Å². The summed E-state index contributed by atoms with van der Waals surface area (Å²) in [5.74, 6) is -2.77. The molecule has 360 valence electrons. The predicted molar refractivity (Wildman–Crippen MR) is 259 cm³/mol. The molecule has 7 rings (SSSR count). The van der Waals surface area contributed by atoms with Gasteiger partial charge < -0.3 is 0 Å². The number of amides is 6. The average molecular weight is 1180 g/mol. The van der Waals surface area contributed by atoms with Crippen LogP contribution in [0.15, 0.2) is 77.7 Å². The van der Waals surface area contributed by atoms with Gasteiger partial charge in [0.2, 0.25) is 11.8 Å². The Hall–Kier alpha value is -5.68. The molecule has 2 aliphatic rings. The number of imide groups is 2. The normalized spacial score (nSPS) is 15.9. The molecule has 2 aromatic heterocycles. The molecule has 0 saturated carbocycles. The minimum absolute atomic E-state index is 0.00256. The minimum atomic E-state index is -2.70. The molecule has 2 aliphatic heterocycles. The van der Waals surface area contributed by atoms with E-state index in [4.69, 9.17) is 21.1 Å². The second kappa shape index (κ2) is 22.6. The molecule has 3 aromatic carbocycles. The van der Waals surface area contributed by atoms with Crippen LogP contribution in [0.1, 0.15) is 99.3 Å². The molecule has 20 heteroatoms. The molecule has 0 bridgehead atoms. The second-order valence-electron chi connectivity index (χ2n) is 16.6. The molecule has 17 nitrogen and oxygen atoms in total. The smallest absolute Gasteiger partial charge is 0.276 e. The first-order valence-corrected chi connectivity index (χ1v) is 30.2. The molecule has 2 unspecified atom stereocenters. The third-order valence-electron chi connectivity index (χ3n) is 11.7. The molecule has 5 aromatic rings. The van der Waals surface area contributed by atoms with E-state index in [0.29, 0.717) is 63.9 Å². The molecular formula is C48H51ClI2N7O10-. The van der Waals surface area contributed by atoms with Gasteiger partial charge in [0.05, 0.1) is 0 Å². The minimum Gasteiger partial charge on any atom is -0.296 e. The molecule has 68 heavy (non-hydrogen) atoms. The number of H-pyrrole nitrogens is 1. The van der Waals surface area contributed by atoms with E-state index in [1.807, 2.05) is 12.1 Å². The molecule has 0 aliphatic carbocycles. The van der Waals surface area contributed by atoms with Crippen molar-refractivity contribution in [3.8, 4) is 11.5 Å². The van der Waals surface area contributed by atoms with Gasteiger partial charge in [-0.05, 0) is 31.0 Å². The number of aromatic nitrogens is 3. The van der Waals surface area contributed by atoms with Gasteiger partial charge in [0.25, 0.3) is 5.56 Å². The van der Waals surface area contributed by atoms with Crippen LogP contribution in [0, 0.1) is 6.92 Å². The number of anilines is 1. The molecule has 0 spiro atoms. The summed E-state index contributed by atoms with van der Waals surface area (Å²) >= 11 is 5.64. The maximum atomic E-state index is 13.4. The Morgan fingerprint density at radius 2 is 1.72 bits per heavy atom. The summed E-state index contributed by atoms with van der Waals surface area (Å²) in [6, 6.07) is 17.7. The van der Waals surface area contributed by atoms with Crippen LogP contribution in [0.4, 0.5) is 5.69 Å². The zero-order valence-electron chi connectivity index (χ0n) is 37.5. The largest absolute Gasteiger partial charge is 0.296 e. The molecule has 4 N–H and O–H groups in total. The molecular weight excluding hydrogens is 1120 g/mol. The number of hydrogen-bond acceptors (Lipinski definition) is 11. The van der Waals surface area contributed by atoms with E-state index in [-0.39, 0.29) is 46.5 Å². The van der Waals surface area contributed by atoms with E-state index >= 15 is 0 Å². The summed E-state index contributed by atoms with van der Waals surface area (Å²) in [7, 11) is 0. The maximum Gasteiger partial charge on any atom is 0.276 e. The fourth-order valence-electron chi connectivity index (χ4n) is 7.91. The molecule has 2 atom stereocenters. The van der Waals surface area contributed by atoms with Gasteiger partial charge in [0.1, 0.15) is 11.6 Å². The van der Waals surface area contributed by atoms with E-state index < -0.39 is 66.5 Å². The van der Waals surface area contributed by atoms with Crippen molar-refractivity contribution in [3.05, 3.63) is 122 Å². The van der Waals surface area contributed by atoms with Crippen molar-refractivity contribution in [2.24, 2.45) is 0 Å². The third-order valence-corrected chi connectivity index (χ3v) is 28.3. The molecule has 1 saturated heterocycles. The predicted octanol–water partition coefficient (Wildman–Crippen LogP) is 2.85. The quantitative estimate of drug-likeness (QED) is 0.0259. The number of halogens is 3. The van der Waals surface area contributed by atoms with Crippen molar-refractivity contribution in [1.29, 1.82) is 0 Å². The Labute approximate surface area is 414 Å². The van der Waals surface area contributed by atoms with Gasteiger partial charge in [-0.2, -0.15) is 0 Å². The number of ether oxygens (including phenoxy) is 2. The van der Waals surface area contributed by atoms with Crippen molar-refractivity contribution >= 4 is 84.8 Å². The van der Waals surface area contributed by atoms with Crippen molar-refractivity contribution in [1.82, 2.24) is 30.1 Å². The van der Waals surface area contributed by atoms with Gasteiger partial charge in [0, 0.05) is 35.3 Å². The summed E-state index contributed by atoms with van der Waals surface area (Å²) in [5.41, 5.74) is 2.67. The summed E-state index contributed by atoms with van der Waals surface area (Å²) in [5, 5.41) is 11.3. The number of aryl methyl sites for hydroxylation is 1. The van der Waals surface area contributed by atoms with E-state index in [1.54, 1.807) is 43.3 Å². The number of rotatable bonds is 22. The fraction of sp³-hybridized carbons (Fsp3) is 0.354. The Bertz CT molecular complexity index is 2830. The summed E-state index contributed by atoms with van der Waals surface area (Å²) < 4.78 is 15.0. The van der Waals surface area contributed by atoms with Crippen LogP contribution in [-0.4, -0.2) is 96.3 Å². The number of benzene rings is 3. The number of nitrogens with zero attached hydrogens (tertiary/aromatic N) is 3. The number of hydrogen-bond donors (Lipinski definition) is 4. The van der Waals surface area contributed by atoms with Crippen LogP contribution >= 0.6 is 34.2 Å². The van der Waals surface area contributed by atoms with Crippen molar-refractivity contribution < 1.29 is 61.5 Å². The summed E-state index contributed by atoms with van der Waals surface area (Å²) in [4.78, 5) is 111. The fourth-order valence-corrected chi connectivity index (χ4v) is 17.2. The third kappa shape index (κ3) is 11.8. The Balaban J connectivity index is 0.787. The van der Waals surface area contributed by atoms with E-state index in [0.717, 1.165) is 43.0 Å². The zero-order valence-corrected chi connectivity index (χ0v) is 42.5. The van der Waals surface area contributed by atoms with Crippen LogP contribution < -0.4 is 49.4 Å². The van der Waals surface area contributed by atoms with Crippen LogP contribution in [0.2, 0.25) is 5.02 Å². The Morgan fingerprint density at radius 1 is 0.941 bits per heavy atom. The molecule has 1 fully saturated rings. The standard InChI is InChI=1S/C48H51ClI2N7O10/c1-29-35(24-30-15-17-31(49)18-16-30)47(65)58-43(54-29)36(26-53-58)44(62)55-32-10-8-11-33(25-32)67-23-7-3-4-14-39(59)51(2,28-50)21-5-6-22-52-41(61)27-68-38-13-9-12-34-42(38)48(66)57(46(34)64)37-19-20-40(60)56-45(37)63/h8-13,15-18,25-26,37,53H,3-7,14,19-24,27-28H2,1-2H3,(H,52,61)(H,55,62)(H,56,60,63)/q-1. The van der Waals surface area contributed by atoms with Crippen LogP contribution in [0.3, 0.4) is 0 Å². The average Bonchev–Trinajstić information content (AvgIpc) is 3.86. The molecule has 0 radical (unpaired) electrons. The van der Waals surface area contributed by atoms with Crippen molar-refractivity contribution in [3.63, 3.8) is 0 Å². The summed E-state index contributed by atoms with van der Waals surface area (Å²) in [6.45, 7) is 2.18. The van der Waals surface area contributed by atoms with Crippen LogP contribution in [0.5, 0.6) is 11.5 Å². The SMILES string of the molecule is Cc1nc2c(C(=O)Nc3cccc(OCCCCCC(=O)[I-](C)(CI)CCCCNC(=O)COc4cccc5c4C(=O)N(C4CCC(=O)NC4=O)C5=O)c3)c[nH]n2c(=O)c1Cc1ccc(Cl)cc1. The van der Waals surface area contributed by atoms with Crippen LogP contribution in [0.25, 0.3) is 5.65 Å². The monoisotopic (exact) mass is 1170 g/mol. The van der Waals surface area contributed by atoms with Crippen molar-refractivity contribution in [2.45, 2.75) is 70.8 Å². The first-order valence-electron chi connectivity index (χ1n) is 22.0. The van der Waals surface area contributed by atoms with Crippen molar-refractivity contribution in [2.75, 3.05) is 36.9 Å². The van der Waals surface area contributed by atoms with Gasteiger partial charge >= 0.3 is 249 Å². The van der Waals surface area contributed by atoms with Gasteiger partial charge in [0.15, 0.2) is 5.65 Å². The molecule has 6 amide bonds. The number of nitrogens with one attached hydrogen (secondary N) is 4. The number of fused-ring (bicyclic) bond motifs is 2. The molecule has 4 heterocycles. The number of alkyl halides is 4. The Morgan fingerprint density at radius 3 is 2.49 bits per heavy atom.